The largest absolute Gasteiger partial charge is 0.491 e. The number of amides is 2. The van der Waals surface area contributed by atoms with Gasteiger partial charge in [0.2, 0.25) is 5.91 Å². The molecule has 1 fully saturated rings. The normalized spacial score (nSPS) is 25.4. The van der Waals surface area contributed by atoms with Gasteiger partial charge in [0, 0.05) is 30.2 Å². The van der Waals surface area contributed by atoms with Crippen molar-refractivity contribution in [3.63, 3.8) is 0 Å². The van der Waals surface area contributed by atoms with E-state index in [-0.39, 0.29) is 24.0 Å². The Balaban J connectivity index is 1.78. The van der Waals surface area contributed by atoms with Crippen LogP contribution in [0.15, 0.2) is 18.2 Å². The number of hydroxylamine groups is 1. The van der Waals surface area contributed by atoms with Gasteiger partial charge < -0.3 is 14.4 Å². The Hall–Kier alpha value is -2.12. The lowest BCUT2D eigenvalue weighted by atomic mass is 9.89. The molecule has 0 aliphatic carbocycles. The highest BCUT2D eigenvalue weighted by Gasteiger charge is 2.35. The highest BCUT2D eigenvalue weighted by molar-refractivity contribution is 5.93. The van der Waals surface area contributed by atoms with Gasteiger partial charge in [-0.05, 0) is 37.8 Å². The predicted octanol–water partition coefficient (Wildman–Crippen LogP) is 2.37. The van der Waals surface area contributed by atoms with Crippen LogP contribution in [-0.2, 0) is 16.1 Å². The Morgan fingerprint density at radius 1 is 1.33 bits per heavy atom. The van der Waals surface area contributed by atoms with Crippen LogP contribution >= 0.6 is 0 Å². The molecule has 0 unspecified atom stereocenters. The first kappa shape index (κ1) is 19.6. The van der Waals surface area contributed by atoms with Gasteiger partial charge >= 0.3 is 0 Å². The molecular weight excluding hydrogens is 348 g/mol. The average Bonchev–Trinajstić information content (AvgIpc) is 2.85. The molecule has 0 bridgehead atoms. The minimum atomic E-state index is -0.589. The molecule has 148 valence electrons. The number of benzene rings is 1. The van der Waals surface area contributed by atoms with Gasteiger partial charge in [0.05, 0.1) is 12.1 Å². The first-order valence-corrected chi connectivity index (χ1v) is 9.53. The zero-order valence-electron chi connectivity index (χ0n) is 16.1. The summed E-state index contributed by atoms with van der Waals surface area (Å²) >= 11 is 0. The van der Waals surface area contributed by atoms with Crippen molar-refractivity contribution >= 4 is 11.8 Å². The zero-order chi connectivity index (χ0) is 19.6. The third-order valence-corrected chi connectivity index (χ3v) is 5.47. The molecule has 0 saturated carbocycles. The lowest BCUT2D eigenvalue weighted by molar-refractivity contribution is -0.144. The average molecular weight is 376 g/mol. The van der Waals surface area contributed by atoms with E-state index in [1.165, 1.54) is 0 Å². The number of carbonyl (C=O) groups is 2. The number of fused-ring (bicyclic) bond motifs is 1. The van der Waals surface area contributed by atoms with Crippen LogP contribution in [0.25, 0.3) is 0 Å². The van der Waals surface area contributed by atoms with Gasteiger partial charge in [0.1, 0.15) is 12.4 Å². The standard InChI is InChI=1S/C20H28N2O5/c1-12(2)17-9-15(6-7-26-17)20(24)22-10-16-5-4-14(19(23)21-25)8-18(16)27-11-13(22)3/h4-5,8,12-13,15,17,25H,6-7,9-11H2,1-3H3,(H,21,23)/t13-,15-,17-/m0/s1. The summed E-state index contributed by atoms with van der Waals surface area (Å²) in [5.74, 6) is 0.487. The van der Waals surface area contributed by atoms with Crippen molar-refractivity contribution in [3.8, 4) is 5.75 Å². The minimum absolute atomic E-state index is 0.0328. The fraction of sp³-hybridized carbons (Fsp3) is 0.600. The molecule has 1 saturated heterocycles. The van der Waals surface area contributed by atoms with E-state index in [4.69, 9.17) is 14.7 Å². The molecule has 27 heavy (non-hydrogen) atoms. The summed E-state index contributed by atoms with van der Waals surface area (Å²) < 4.78 is 11.7. The van der Waals surface area contributed by atoms with E-state index in [1.807, 2.05) is 11.8 Å². The van der Waals surface area contributed by atoms with Gasteiger partial charge in [-0.25, -0.2) is 5.48 Å². The van der Waals surface area contributed by atoms with Crippen LogP contribution in [0.3, 0.4) is 0 Å². The van der Waals surface area contributed by atoms with Gasteiger partial charge in [-0.3, -0.25) is 14.8 Å². The number of nitrogens with one attached hydrogen (secondary N) is 1. The van der Waals surface area contributed by atoms with E-state index >= 15 is 0 Å². The second-order valence-electron chi connectivity index (χ2n) is 7.76. The number of rotatable bonds is 3. The van der Waals surface area contributed by atoms with E-state index in [0.29, 0.717) is 37.0 Å². The fourth-order valence-electron chi connectivity index (χ4n) is 3.71. The lowest BCUT2D eigenvalue weighted by Crippen LogP contribution is -2.46. The maximum absolute atomic E-state index is 13.2. The Kier molecular flexibility index (Phi) is 6.01. The maximum atomic E-state index is 13.2. The van der Waals surface area contributed by atoms with E-state index in [0.717, 1.165) is 18.4 Å². The maximum Gasteiger partial charge on any atom is 0.274 e. The summed E-state index contributed by atoms with van der Waals surface area (Å²) in [6.45, 7) is 7.64. The molecule has 1 aromatic carbocycles. The number of ether oxygens (including phenoxy) is 2. The predicted molar refractivity (Wildman–Crippen MR) is 98.5 cm³/mol. The molecule has 0 aromatic heterocycles. The molecule has 1 aromatic rings. The van der Waals surface area contributed by atoms with Crippen LogP contribution in [-0.4, -0.2) is 47.3 Å². The first-order chi connectivity index (χ1) is 12.9. The van der Waals surface area contributed by atoms with E-state index in [1.54, 1.807) is 23.7 Å². The van der Waals surface area contributed by atoms with Gasteiger partial charge in [0.25, 0.3) is 5.91 Å². The Labute approximate surface area is 159 Å². The summed E-state index contributed by atoms with van der Waals surface area (Å²) in [6, 6.07) is 4.93. The first-order valence-electron chi connectivity index (χ1n) is 9.53. The van der Waals surface area contributed by atoms with Crippen LogP contribution in [0.5, 0.6) is 5.75 Å². The van der Waals surface area contributed by atoms with Crippen LogP contribution < -0.4 is 10.2 Å². The second kappa shape index (κ2) is 8.27. The fourth-order valence-corrected chi connectivity index (χ4v) is 3.71. The molecule has 2 amide bonds. The van der Waals surface area contributed by atoms with Crippen molar-refractivity contribution in [3.05, 3.63) is 29.3 Å². The SMILES string of the molecule is CC(C)[C@@H]1C[C@@H](C(=O)N2Cc3ccc(C(=O)NO)cc3OC[C@@H]2C)CCO1. The quantitative estimate of drug-likeness (QED) is 0.625. The highest BCUT2D eigenvalue weighted by Crippen LogP contribution is 2.31. The molecule has 0 radical (unpaired) electrons. The van der Waals surface area contributed by atoms with Gasteiger partial charge in [0.15, 0.2) is 0 Å². The summed E-state index contributed by atoms with van der Waals surface area (Å²) in [5, 5.41) is 8.81. The summed E-state index contributed by atoms with van der Waals surface area (Å²) in [5.41, 5.74) is 2.79. The monoisotopic (exact) mass is 376 g/mol. The number of hydrogen-bond acceptors (Lipinski definition) is 5. The van der Waals surface area contributed by atoms with Gasteiger partial charge in [-0.2, -0.15) is 0 Å². The molecule has 0 spiro atoms. The van der Waals surface area contributed by atoms with Crippen molar-refractivity contribution in [1.29, 1.82) is 0 Å². The molecule has 7 heteroatoms. The number of nitrogens with zero attached hydrogens (tertiary/aromatic N) is 1. The lowest BCUT2D eigenvalue weighted by Gasteiger charge is -2.35. The summed E-state index contributed by atoms with van der Waals surface area (Å²) in [4.78, 5) is 26.7. The van der Waals surface area contributed by atoms with E-state index in [9.17, 15) is 9.59 Å². The van der Waals surface area contributed by atoms with Crippen molar-refractivity contribution in [2.45, 2.75) is 52.3 Å². The molecule has 3 rings (SSSR count). The molecule has 2 aliphatic rings. The zero-order valence-corrected chi connectivity index (χ0v) is 16.1. The van der Waals surface area contributed by atoms with Crippen molar-refractivity contribution in [2.75, 3.05) is 13.2 Å². The molecule has 2 N–H and O–H groups in total. The Bertz CT molecular complexity index is 706. The molecule has 3 atom stereocenters. The van der Waals surface area contributed by atoms with Crippen molar-refractivity contribution < 1.29 is 24.3 Å². The van der Waals surface area contributed by atoms with Gasteiger partial charge in [-0.15, -0.1) is 0 Å². The highest BCUT2D eigenvalue weighted by atomic mass is 16.5. The second-order valence-corrected chi connectivity index (χ2v) is 7.76. The van der Waals surface area contributed by atoms with Gasteiger partial charge in [-0.1, -0.05) is 19.9 Å². The molecule has 2 aliphatic heterocycles. The van der Waals surface area contributed by atoms with Crippen molar-refractivity contribution in [1.82, 2.24) is 10.4 Å². The van der Waals surface area contributed by atoms with E-state index in [2.05, 4.69) is 13.8 Å². The van der Waals surface area contributed by atoms with Crippen LogP contribution in [0.4, 0.5) is 0 Å². The summed E-state index contributed by atoms with van der Waals surface area (Å²) in [7, 11) is 0. The van der Waals surface area contributed by atoms with Crippen LogP contribution in [0, 0.1) is 11.8 Å². The van der Waals surface area contributed by atoms with Crippen LogP contribution in [0.2, 0.25) is 0 Å². The summed E-state index contributed by atoms with van der Waals surface area (Å²) in [6.07, 6.45) is 1.62. The topological polar surface area (TPSA) is 88.1 Å². The smallest absolute Gasteiger partial charge is 0.274 e. The van der Waals surface area contributed by atoms with Crippen LogP contribution in [0.1, 0.15) is 49.5 Å². The Morgan fingerprint density at radius 3 is 2.81 bits per heavy atom. The molecular formula is C20H28N2O5. The Morgan fingerprint density at radius 2 is 2.11 bits per heavy atom. The van der Waals surface area contributed by atoms with E-state index < -0.39 is 5.91 Å². The number of carbonyl (C=O) groups excluding carboxylic acids is 2. The third kappa shape index (κ3) is 4.25. The third-order valence-electron chi connectivity index (χ3n) is 5.47. The number of hydrogen-bond donors (Lipinski definition) is 2. The minimum Gasteiger partial charge on any atom is -0.491 e. The molecule has 2 heterocycles. The molecule has 7 nitrogen and oxygen atoms in total. The van der Waals surface area contributed by atoms with Crippen molar-refractivity contribution in [2.24, 2.45) is 11.8 Å².